The predicted octanol–water partition coefficient (Wildman–Crippen LogP) is -2.68. The number of hydrogen-bond acceptors (Lipinski definition) is 7. The van der Waals surface area contributed by atoms with E-state index in [9.17, 15) is 26.4 Å². The molecule has 0 aromatic heterocycles. The van der Waals surface area contributed by atoms with Crippen molar-refractivity contribution in [3.63, 3.8) is 0 Å². The summed E-state index contributed by atoms with van der Waals surface area (Å²) in [5.74, 6) is -2.27. The first-order chi connectivity index (χ1) is 10.4. The molecule has 13 heteroatoms. The van der Waals surface area contributed by atoms with Gasteiger partial charge >= 0.3 is 0 Å². The number of carbonyl (C=O) groups excluding carboxylic acids is 2. The minimum absolute atomic E-state index is 0.173. The lowest BCUT2D eigenvalue weighted by Crippen LogP contribution is -2.44. The van der Waals surface area contributed by atoms with Crippen molar-refractivity contribution in [2.45, 2.75) is 6.92 Å². The van der Waals surface area contributed by atoms with Crippen LogP contribution in [0, 0.1) is 0 Å². The highest BCUT2D eigenvalue weighted by atomic mass is 32.2. The summed E-state index contributed by atoms with van der Waals surface area (Å²) >= 11 is 0. The fraction of sp³-hybridized carbons (Fsp3) is 0.800. The van der Waals surface area contributed by atoms with Crippen molar-refractivity contribution in [3.8, 4) is 0 Å². The molecule has 4 N–H and O–H groups in total. The van der Waals surface area contributed by atoms with Crippen LogP contribution in [-0.2, 0) is 29.8 Å². The Kier molecular flexibility index (Phi) is 9.23. The summed E-state index contributed by atoms with van der Waals surface area (Å²) in [7, 11) is -8.31. The third kappa shape index (κ3) is 14.1. The second-order valence-corrected chi connectivity index (χ2v) is 7.72. The molecule has 11 nitrogen and oxygen atoms in total. The minimum Gasteiger partial charge on any atom is -0.354 e. The summed E-state index contributed by atoms with van der Waals surface area (Å²) in [6.45, 7) is 1.18. The number of rotatable bonds is 11. The van der Waals surface area contributed by atoms with Crippen molar-refractivity contribution in [3.05, 3.63) is 0 Å². The van der Waals surface area contributed by atoms with Gasteiger partial charge in [-0.2, -0.15) is 16.8 Å². The van der Waals surface area contributed by atoms with E-state index in [1.807, 2.05) is 0 Å². The van der Waals surface area contributed by atoms with Crippen LogP contribution < -0.4 is 10.6 Å². The van der Waals surface area contributed by atoms with Gasteiger partial charge in [-0.3, -0.25) is 23.6 Å². The molecule has 0 rings (SSSR count). The summed E-state index contributed by atoms with van der Waals surface area (Å²) in [5, 5.41) is 4.55. The van der Waals surface area contributed by atoms with Gasteiger partial charge < -0.3 is 10.6 Å². The van der Waals surface area contributed by atoms with Crippen LogP contribution in [0.4, 0.5) is 0 Å². The zero-order chi connectivity index (χ0) is 18.1. The second-order valence-electron chi connectivity index (χ2n) is 4.58. The van der Waals surface area contributed by atoms with Crippen LogP contribution in [0.5, 0.6) is 0 Å². The molecule has 0 aliphatic heterocycles. The quantitative estimate of drug-likeness (QED) is 0.281. The van der Waals surface area contributed by atoms with E-state index < -0.39 is 43.6 Å². The summed E-state index contributed by atoms with van der Waals surface area (Å²) in [6, 6.07) is 0. The van der Waals surface area contributed by atoms with Gasteiger partial charge in [-0.15, -0.1) is 0 Å². The molecule has 0 aromatic carbocycles. The van der Waals surface area contributed by atoms with Crippen molar-refractivity contribution in [2.24, 2.45) is 0 Å². The third-order valence-corrected chi connectivity index (χ3v) is 3.99. The van der Waals surface area contributed by atoms with Crippen LogP contribution in [-0.4, -0.2) is 86.9 Å². The van der Waals surface area contributed by atoms with E-state index >= 15 is 0 Å². The van der Waals surface area contributed by atoms with Crippen molar-refractivity contribution in [1.29, 1.82) is 0 Å². The molecule has 0 atom stereocenters. The van der Waals surface area contributed by atoms with E-state index in [1.54, 1.807) is 6.92 Å². The maximum absolute atomic E-state index is 11.6. The molecule has 0 unspecified atom stereocenters. The molecule has 0 radical (unpaired) electrons. The average molecular weight is 375 g/mol. The largest absolute Gasteiger partial charge is 0.354 e. The van der Waals surface area contributed by atoms with Crippen LogP contribution >= 0.6 is 0 Å². The molecular formula is C10H21N3O8S2. The van der Waals surface area contributed by atoms with E-state index in [0.717, 1.165) is 0 Å². The Morgan fingerprint density at radius 3 is 1.48 bits per heavy atom. The van der Waals surface area contributed by atoms with Crippen LogP contribution in [0.15, 0.2) is 0 Å². The molecule has 136 valence electrons. The molecule has 0 bridgehead atoms. The molecule has 0 aromatic rings. The summed E-state index contributed by atoms with van der Waals surface area (Å²) < 4.78 is 59.0. The smallest absolute Gasteiger partial charge is 0.266 e. The summed E-state index contributed by atoms with van der Waals surface area (Å²) in [5.41, 5.74) is 0. The number of hydrogen-bond donors (Lipinski definition) is 4. The highest BCUT2D eigenvalue weighted by Crippen LogP contribution is 1.89. The molecular weight excluding hydrogens is 354 g/mol. The Balaban J connectivity index is 4.13. The lowest BCUT2D eigenvalue weighted by Gasteiger charge is -2.19. The number of likely N-dealkylation sites (N-methyl/N-ethyl adjacent to an activating group) is 1. The zero-order valence-electron chi connectivity index (χ0n) is 12.6. The summed E-state index contributed by atoms with van der Waals surface area (Å²) in [6.07, 6.45) is 0. The molecule has 0 aliphatic carbocycles. The average Bonchev–Trinajstić information content (AvgIpc) is 2.34. The fourth-order valence-electron chi connectivity index (χ4n) is 1.44. The van der Waals surface area contributed by atoms with Gasteiger partial charge in [0.05, 0.1) is 24.6 Å². The number of nitrogens with one attached hydrogen (secondary N) is 2. The second kappa shape index (κ2) is 9.77. The number of amides is 2. The standard InChI is InChI=1S/C10H21N3O8S2/c1-2-13(7-9(14)11-3-5-22(16,17)18)8-10(15)12-4-6-23(19,20)21/h2-8H2,1H3,(H,11,14)(H,12,15)(H,16,17,18)(H,19,20,21). The highest BCUT2D eigenvalue weighted by Gasteiger charge is 2.14. The molecule has 0 fully saturated rings. The van der Waals surface area contributed by atoms with Gasteiger partial charge in [0.1, 0.15) is 0 Å². The first-order valence-electron chi connectivity index (χ1n) is 6.59. The van der Waals surface area contributed by atoms with Crippen molar-refractivity contribution >= 4 is 32.1 Å². The Hall–Kier alpha value is -1.28. The van der Waals surface area contributed by atoms with Crippen molar-refractivity contribution in [1.82, 2.24) is 15.5 Å². The maximum Gasteiger partial charge on any atom is 0.266 e. The van der Waals surface area contributed by atoms with Crippen molar-refractivity contribution in [2.75, 3.05) is 44.2 Å². The molecule has 0 aliphatic rings. The molecule has 0 saturated carbocycles. The molecule has 0 heterocycles. The van der Waals surface area contributed by atoms with Gasteiger partial charge in [0, 0.05) is 13.1 Å². The van der Waals surface area contributed by atoms with Gasteiger partial charge in [-0.25, -0.2) is 0 Å². The van der Waals surface area contributed by atoms with Gasteiger partial charge in [0.2, 0.25) is 11.8 Å². The normalized spacial score (nSPS) is 12.2. The zero-order valence-corrected chi connectivity index (χ0v) is 14.2. The van der Waals surface area contributed by atoms with Crippen LogP contribution in [0.1, 0.15) is 6.92 Å². The van der Waals surface area contributed by atoms with E-state index in [0.29, 0.717) is 6.54 Å². The molecule has 0 saturated heterocycles. The Bertz CT molecular complexity index is 550. The van der Waals surface area contributed by atoms with Gasteiger partial charge in [0.15, 0.2) is 0 Å². The maximum atomic E-state index is 11.6. The van der Waals surface area contributed by atoms with Crippen molar-refractivity contribution < 1.29 is 35.5 Å². The number of carbonyl (C=O) groups is 2. The molecule has 23 heavy (non-hydrogen) atoms. The van der Waals surface area contributed by atoms with E-state index in [1.165, 1.54) is 4.90 Å². The van der Waals surface area contributed by atoms with E-state index in [4.69, 9.17) is 9.11 Å². The van der Waals surface area contributed by atoms with Crippen LogP contribution in [0.2, 0.25) is 0 Å². The first-order valence-corrected chi connectivity index (χ1v) is 9.81. The fourth-order valence-corrected chi connectivity index (χ4v) is 2.16. The lowest BCUT2D eigenvalue weighted by atomic mass is 10.4. The van der Waals surface area contributed by atoms with Gasteiger partial charge in [0.25, 0.3) is 20.2 Å². The predicted molar refractivity (Wildman–Crippen MR) is 81.0 cm³/mol. The van der Waals surface area contributed by atoms with Crippen LogP contribution in [0.25, 0.3) is 0 Å². The topological polar surface area (TPSA) is 170 Å². The number of nitrogens with zero attached hydrogens (tertiary/aromatic N) is 1. The Morgan fingerprint density at radius 2 is 1.22 bits per heavy atom. The van der Waals surface area contributed by atoms with Gasteiger partial charge in [-0.05, 0) is 6.54 Å². The SMILES string of the molecule is CCN(CC(=O)NCCS(=O)(=O)O)CC(=O)NCCS(=O)(=O)O. The van der Waals surface area contributed by atoms with E-state index in [2.05, 4.69) is 10.6 Å². The third-order valence-electron chi connectivity index (χ3n) is 2.55. The molecule has 0 spiro atoms. The van der Waals surface area contributed by atoms with E-state index in [-0.39, 0.29) is 26.2 Å². The summed E-state index contributed by atoms with van der Waals surface area (Å²) in [4.78, 5) is 24.5. The monoisotopic (exact) mass is 375 g/mol. The lowest BCUT2D eigenvalue weighted by molar-refractivity contribution is -0.124. The van der Waals surface area contributed by atoms with Gasteiger partial charge in [-0.1, -0.05) is 6.92 Å². The highest BCUT2D eigenvalue weighted by molar-refractivity contribution is 7.86. The minimum atomic E-state index is -4.16. The van der Waals surface area contributed by atoms with Crippen LogP contribution in [0.3, 0.4) is 0 Å². The Morgan fingerprint density at radius 1 is 0.870 bits per heavy atom. The molecule has 2 amide bonds. The first kappa shape index (κ1) is 21.7. The Labute approximate surface area is 134 Å².